The van der Waals surface area contributed by atoms with Crippen molar-refractivity contribution in [3.8, 4) is 23.0 Å². The van der Waals surface area contributed by atoms with Crippen molar-refractivity contribution in [2.45, 2.75) is 76.5 Å². The quantitative estimate of drug-likeness (QED) is 0.0910. The maximum Gasteiger partial charge on any atom is 0.338 e. The summed E-state index contributed by atoms with van der Waals surface area (Å²) < 4.78 is 56.1. The third kappa shape index (κ3) is 9.54. The number of fused-ring (bicyclic) bond motifs is 1. The molecule has 50 heavy (non-hydrogen) atoms. The van der Waals surface area contributed by atoms with Crippen LogP contribution in [-0.4, -0.2) is 88.3 Å². The van der Waals surface area contributed by atoms with Gasteiger partial charge >= 0.3 is 23.9 Å². The van der Waals surface area contributed by atoms with Gasteiger partial charge in [0.15, 0.2) is 35.2 Å². The third-order valence-corrected chi connectivity index (χ3v) is 7.67. The highest BCUT2D eigenvalue weighted by atomic mass is 16.7. The Kier molecular flexibility index (Phi) is 13.6. The fourth-order valence-electron chi connectivity index (χ4n) is 5.22. The molecule has 2 aliphatic heterocycles. The van der Waals surface area contributed by atoms with Crippen LogP contribution >= 0.6 is 0 Å². The Labute approximate surface area is 290 Å². The number of benzene rings is 2. The van der Waals surface area contributed by atoms with E-state index in [0.717, 1.165) is 12.2 Å². The molecule has 0 radical (unpaired) electrons. The molecule has 2 fully saturated rings. The van der Waals surface area contributed by atoms with Gasteiger partial charge in [0.25, 0.3) is 0 Å². The van der Waals surface area contributed by atoms with Crippen molar-refractivity contribution in [2.75, 3.05) is 27.4 Å². The minimum absolute atomic E-state index is 0.0238. The number of hydrogen-bond acceptors (Lipinski definition) is 14. The van der Waals surface area contributed by atoms with Crippen LogP contribution in [0.3, 0.4) is 0 Å². The van der Waals surface area contributed by atoms with E-state index in [1.807, 2.05) is 13.8 Å². The molecule has 14 nitrogen and oxygen atoms in total. The van der Waals surface area contributed by atoms with Crippen molar-refractivity contribution in [3.63, 3.8) is 0 Å². The van der Waals surface area contributed by atoms with E-state index in [1.54, 1.807) is 0 Å². The zero-order chi connectivity index (χ0) is 36.2. The summed E-state index contributed by atoms with van der Waals surface area (Å²) in [6.45, 7) is 10.7. The number of esters is 4. The number of carbonyl (C=O) groups excluding carboxylic acids is 4. The van der Waals surface area contributed by atoms with Gasteiger partial charge in [-0.3, -0.25) is 0 Å². The lowest BCUT2D eigenvalue weighted by Crippen LogP contribution is -2.36. The molecular formula is C36H42O14. The second kappa shape index (κ2) is 18.1. The molecule has 2 aliphatic rings. The molecule has 0 spiro atoms. The van der Waals surface area contributed by atoms with Gasteiger partial charge < -0.3 is 47.4 Å². The Hall–Kier alpha value is -5.08. The van der Waals surface area contributed by atoms with Gasteiger partial charge in [-0.25, -0.2) is 19.2 Å². The third-order valence-electron chi connectivity index (χ3n) is 7.67. The van der Waals surface area contributed by atoms with Crippen molar-refractivity contribution in [1.82, 2.24) is 0 Å². The summed E-state index contributed by atoms with van der Waals surface area (Å²) in [5, 5.41) is 0. The summed E-state index contributed by atoms with van der Waals surface area (Å²) >= 11 is 0. The molecule has 2 aromatic rings. The van der Waals surface area contributed by atoms with Gasteiger partial charge in [-0.05, 0) is 49.2 Å². The maximum atomic E-state index is 13.1. The summed E-state index contributed by atoms with van der Waals surface area (Å²) in [7, 11) is 2.83. The summed E-state index contributed by atoms with van der Waals surface area (Å²) in [6.07, 6.45) is -0.313. The lowest BCUT2D eigenvalue weighted by Gasteiger charge is -2.20. The van der Waals surface area contributed by atoms with Crippen LogP contribution in [0.1, 0.15) is 60.2 Å². The first-order valence-corrected chi connectivity index (χ1v) is 16.1. The van der Waals surface area contributed by atoms with Crippen LogP contribution in [-0.2, 0) is 38.0 Å². The van der Waals surface area contributed by atoms with E-state index in [0.29, 0.717) is 25.7 Å². The number of rotatable bonds is 18. The molecule has 4 rings (SSSR count). The van der Waals surface area contributed by atoms with E-state index in [9.17, 15) is 19.2 Å². The highest BCUT2D eigenvalue weighted by molar-refractivity contribution is 5.91. The van der Waals surface area contributed by atoms with Crippen LogP contribution in [0.25, 0.3) is 0 Å². The molecule has 0 saturated carbocycles. The number of carbonyl (C=O) groups is 4. The Bertz CT molecular complexity index is 1420. The van der Waals surface area contributed by atoms with Crippen LogP contribution in [0.5, 0.6) is 23.0 Å². The molecule has 0 aliphatic carbocycles. The summed E-state index contributed by atoms with van der Waals surface area (Å²) in [4.78, 5) is 49.7. The first kappa shape index (κ1) is 37.7. The van der Waals surface area contributed by atoms with Crippen LogP contribution in [0.4, 0.5) is 0 Å². The van der Waals surface area contributed by atoms with E-state index < -0.39 is 60.9 Å². The van der Waals surface area contributed by atoms with Crippen molar-refractivity contribution < 1.29 is 66.5 Å². The first-order chi connectivity index (χ1) is 24.1. The van der Waals surface area contributed by atoms with E-state index in [1.165, 1.54) is 50.6 Å². The summed E-state index contributed by atoms with van der Waals surface area (Å²) in [6, 6.07) is 8.92. The monoisotopic (exact) mass is 698 g/mol. The Balaban J connectivity index is 1.36. The fourth-order valence-corrected chi connectivity index (χ4v) is 5.22. The summed E-state index contributed by atoms with van der Waals surface area (Å²) in [5.41, 5.74) is 0.352. The van der Waals surface area contributed by atoms with Gasteiger partial charge in [-0.1, -0.05) is 27.0 Å². The molecule has 2 saturated heterocycles. The smallest absolute Gasteiger partial charge is 0.338 e. The minimum Gasteiger partial charge on any atom is -0.493 e. The Morgan fingerprint density at radius 1 is 0.700 bits per heavy atom. The molecule has 0 amide bonds. The van der Waals surface area contributed by atoms with Gasteiger partial charge in [-0.2, -0.15) is 0 Å². The highest BCUT2D eigenvalue weighted by Gasteiger charge is 2.51. The average Bonchev–Trinajstić information content (AvgIpc) is 3.71. The van der Waals surface area contributed by atoms with E-state index in [2.05, 4.69) is 13.2 Å². The van der Waals surface area contributed by atoms with Gasteiger partial charge in [0.1, 0.15) is 12.2 Å². The van der Waals surface area contributed by atoms with Crippen LogP contribution in [0.2, 0.25) is 0 Å². The van der Waals surface area contributed by atoms with Crippen LogP contribution in [0.15, 0.2) is 61.7 Å². The zero-order valence-corrected chi connectivity index (χ0v) is 28.5. The van der Waals surface area contributed by atoms with Gasteiger partial charge in [-0.15, -0.1) is 0 Å². The zero-order valence-electron chi connectivity index (χ0n) is 28.5. The minimum atomic E-state index is -0.874. The van der Waals surface area contributed by atoms with Gasteiger partial charge in [0.05, 0.1) is 38.6 Å². The van der Waals surface area contributed by atoms with Crippen LogP contribution < -0.4 is 18.9 Å². The van der Waals surface area contributed by atoms with Crippen molar-refractivity contribution in [1.29, 1.82) is 0 Å². The molecule has 270 valence electrons. The topological polar surface area (TPSA) is 161 Å². The molecule has 0 aromatic heterocycles. The second-order valence-corrected chi connectivity index (χ2v) is 11.2. The van der Waals surface area contributed by atoms with Gasteiger partial charge in [0.2, 0.25) is 12.6 Å². The predicted octanol–water partition coefficient (Wildman–Crippen LogP) is 4.72. The van der Waals surface area contributed by atoms with E-state index in [-0.39, 0.29) is 47.3 Å². The molecular weight excluding hydrogens is 656 g/mol. The average molecular weight is 699 g/mol. The lowest BCUT2D eigenvalue weighted by atomic mass is 10.1. The van der Waals surface area contributed by atoms with Crippen molar-refractivity contribution in [3.05, 3.63) is 72.8 Å². The molecule has 2 unspecified atom stereocenters. The largest absolute Gasteiger partial charge is 0.493 e. The van der Waals surface area contributed by atoms with Gasteiger partial charge in [0, 0.05) is 25.0 Å². The number of hydrogen-bond donors (Lipinski definition) is 0. The molecule has 0 bridgehead atoms. The lowest BCUT2D eigenvalue weighted by molar-refractivity contribution is -0.159. The standard InChI is InChI=1S/C36H42O14/c1-7-11-31(49-29(37)9-3)45-23-15-13-21(17-25(23)41-5)35(39)47-27-19-43-34-28(20-44-33(27)34)48-36(40)22-14-16-24(26(18-22)42-6)46-32(12-8-2)50-30(38)10-4/h9-10,13-18,27-28,31-34H,3-4,7-8,11-12,19-20H2,1-2,5-6H3/t27-,28-,31?,32?,33-,34-/m1/s1. The Morgan fingerprint density at radius 3 is 1.44 bits per heavy atom. The molecule has 6 atom stereocenters. The highest BCUT2D eigenvalue weighted by Crippen LogP contribution is 2.35. The molecule has 14 heteroatoms. The normalized spacial score (nSPS) is 20.3. The maximum absolute atomic E-state index is 13.1. The second-order valence-electron chi connectivity index (χ2n) is 11.2. The molecule has 0 N–H and O–H groups in total. The van der Waals surface area contributed by atoms with Crippen molar-refractivity contribution >= 4 is 23.9 Å². The first-order valence-electron chi connectivity index (χ1n) is 16.1. The number of methoxy groups -OCH3 is 2. The number of ether oxygens (including phenoxy) is 10. The van der Waals surface area contributed by atoms with E-state index in [4.69, 9.17) is 47.4 Å². The van der Waals surface area contributed by atoms with E-state index >= 15 is 0 Å². The van der Waals surface area contributed by atoms with Crippen molar-refractivity contribution in [2.24, 2.45) is 0 Å². The molecule has 2 aromatic carbocycles. The summed E-state index contributed by atoms with van der Waals surface area (Å²) in [5.74, 6) is -1.59. The Morgan fingerprint density at radius 2 is 1.10 bits per heavy atom. The molecule has 2 heterocycles. The fraction of sp³-hybridized carbons (Fsp3) is 0.444. The predicted molar refractivity (Wildman–Crippen MR) is 175 cm³/mol. The SMILES string of the molecule is C=CC(=O)OC(CCC)Oc1ccc(C(=O)O[C@@H]2CO[C@H]3[C@@H]2OC[C@H]3OC(=O)c2ccc(OC(CCC)OC(=O)C=C)c(OC)c2)cc1OC. The van der Waals surface area contributed by atoms with Crippen LogP contribution in [0, 0.1) is 0 Å².